The second-order valence-electron chi connectivity index (χ2n) is 3.01. The molecule has 1 aromatic rings. The maximum absolute atomic E-state index is 5.18. The molecule has 17 heavy (non-hydrogen) atoms. The highest BCUT2D eigenvalue weighted by Gasteiger charge is 2.09. The average Bonchev–Trinajstić information content (AvgIpc) is 2.27. The van der Waals surface area contributed by atoms with Gasteiger partial charge < -0.3 is 20.9 Å². The van der Waals surface area contributed by atoms with Gasteiger partial charge in [-0.3, -0.25) is 0 Å². The second-order valence-corrected chi connectivity index (χ2v) is 3.86. The molecule has 0 radical (unpaired) electrons. The van der Waals surface area contributed by atoms with Crippen molar-refractivity contribution in [3.8, 4) is 11.5 Å². The van der Waals surface area contributed by atoms with Gasteiger partial charge in [-0.25, -0.2) is 0 Å². The van der Waals surface area contributed by atoms with Crippen LogP contribution >= 0.6 is 15.9 Å². The molecule has 0 aliphatic rings. The van der Waals surface area contributed by atoms with E-state index in [1.54, 1.807) is 20.3 Å². The van der Waals surface area contributed by atoms with Crippen LogP contribution in [0.25, 0.3) is 0 Å². The standard InChI is InChI=1S/C10H13BrN4O2/c1-16-8-4-6(5-14-15-10(12)13)3-7(11)9(8)17-2/h3-5H,1-2H3,(H4,12,13,15)/b14-5-. The summed E-state index contributed by atoms with van der Waals surface area (Å²) in [6.45, 7) is 0. The maximum Gasteiger partial charge on any atom is 0.211 e. The molecule has 4 N–H and O–H groups in total. The summed E-state index contributed by atoms with van der Waals surface area (Å²) in [7, 11) is 3.12. The molecule has 0 fully saturated rings. The predicted octanol–water partition coefficient (Wildman–Crippen LogP) is 1.07. The molecule has 6 nitrogen and oxygen atoms in total. The molecule has 1 rings (SSSR count). The van der Waals surface area contributed by atoms with Crippen molar-refractivity contribution in [2.45, 2.75) is 0 Å². The number of nitrogens with zero attached hydrogens (tertiary/aromatic N) is 2. The first-order chi connectivity index (χ1) is 8.08. The summed E-state index contributed by atoms with van der Waals surface area (Å²) in [6, 6.07) is 3.57. The average molecular weight is 301 g/mol. The number of methoxy groups -OCH3 is 2. The molecule has 0 heterocycles. The minimum atomic E-state index is -0.0965. The van der Waals surface area contributed by atoms with Crippen molar-refractivity contribution in [3.63, 3.8) is 0 Å². The molecule has 0 unspecified atom stereocenters. The van der Waals surface area contributed by atoms with E-state index in [1.807, 2.05) is 6.07 Å². The van der Waals surface area contributed by atoms with E-state index in [0.717, 1.165) is 10.0 Å². The van der Waals surface area contributed by atoms with Crippen LogP contribution in [0.1, 0.15) is 5.56 Å². The number of rotatable bonds is 4. The number of hydrogen-bond acceptors (Lipinski definition) is 4. The summed E-state index contributed by atoms with van der Waals surface area (Å²) < 4.78 is 11.1. The van der Waals surface area contributed by atoms with Crippen molar-refractivity contribution in [1.82, 2.24) is 0 Å². The molecule has 0 spiro atoms. The van der Waals surface area contributed by atoms with E-state index in [1.165, 1.54) is 6.21 Å². The van der Waals surface area contributed by atoms with Crippen LogP contribution in [0.3, 0.4) is 0 Å². The van der Waals surface area contributed by atoms with E-state index < -0.39 is 0 Å². The van der Waals surface area contributed by atoms with Crippen LogP contribution in [0.2, 0.25) is 0 Å². The fourth-order valence-electron chi connectivity index (χ4n) is 1.17. The van der Waals surface area contributed by atoms with Gasteiger partial charge in [0.25, 0.3) is 0 Å². The third-order valence-electron chi connectivity index (χ3n) is 1.84. The summed E-state index contributed by atoms with van der Waals surface area (Å²) in [5.41, 5.74) is 11.1. The predicted molar refractivity (Wildman–Crippen MR) is 70.6 cm³/mol. The lowest BCUT2D eigenvalue weighted by atomic mass is 10.2. The number of hydrogen-bond donors (Lipinski definition) is 2. The Hall–Kier alpha value is -1.76. The number of benzene rings is 1. The molecule has 1 aromatic carbocycles. The largest absolute Gasteiger partial charge is 0.493 e. The normalized spacial score (nSPS) is 10.3. The highest BCUT2D eigenvalue weighted by Crippen LogP contribution is 2.35. The molecule has 0 aromatic heterocycles. The van der Waals surface area contributed by atoms with Gasteiger partial charge in [0.15, 0.2) is 11.5 Å². The Balaban J connectivity index is 3.07. The van der Waals surface area contributed by atoms with Gasteiger partial charge in [0.2, 0.25) is 5.96 Å². The molecule has 0 saturated carbocycles. The summed E-state index contributed by atoms with van der Waals surface area (Å²) >= 11 is 3.37. The zero-order valence-corrected chi connectivity index (χ0v) is 11.1. The third kappa shape index (κ3) is 3.63. The van der Waals surface area contributed by atoms with E-state index in [0.29, 0.717) is 11.5 Å². The van der Waals surface area contributed by atoms with Crippen LogP contribution in [-0.4, -0.2) is 26.4 Å². The lowest BCUT2D eigenvalue weighted by molar-refractivity contribution is 0.353. The quantitative estimate of drug-likeness (QED) is 0.494. The Morgan fingerprint density at radius 3 is 2.53 bits per heavy atom. The zero-order chi connectivity index (χ0) is 12.8. The van der Waals surface area contributed by atoms with Crippen molar-refractivity contribution in [3.05, 3.63) is 22.2 Å². The van der Waals surface area contributed by atoms with E-state index in [9.17, 15) is 0 Å². The van der Waals surface area contributed by atoms with Crippen molar-refractivity contribution in [1.29, 1.82) is 0 Å². The Morgan fingerprint density at radius 1 is 1.29 bits per heavy atom. The number of halogens is 1. The van der Waals surface area contributed by atoms with Crippen LogP contribution < -0.4 is 20.9 Å². The summed E-state index contributed by atoms with van der Waals surface area (Å²) in [4.78, 5) is 0. The first-order valence-corrected chi connectivity index (χ1v) is 5.41. The summed E-state index contributed by atoms with van der Waals surface area (Å²) in [6.07, 6.45) is 1.51. The molecule has 0 aliphatic heterocycles. The van der Waals surface area contributed by atoms with Crippen molar-refractivity contribution in [2.75, 3.05) is 14.2 Å². The molecule has 92 valence electrons. The van der Waals surface area contributed by atoms with Gasteiger partial charge in [0.1, 0.15) is 0 Å². The van der Waals surface area contributed by atoms with Crippen molar-refractivity contribution < 1.29 is 9.47 Å². The third-order valence-corrected chi connectivity index (χ3v) is 2.42. The minimum absolute atomic E-state index is 0.0965. The van der Waals surface area contributed by atoms with Crippen LogP contribution in [0.4, 0.5) is 0 Å². The van der Waals surface area contributed by atoms with Gasteiger partial charge in [-0.15, -0.1) is 5.10 Å². The van der Waals surface area contributed by atoms with E-state index >= 15 is 0 Å². The van der Waals surface area contributed by atoms with Gasteiger partial charge in [0.05, 0.1) is 24.9 Å². The van der Waals surface area contributed by atoms with Gasteiger partial charge in [-0.05, 0) is 33.6 Å². The summed E-state index contributed by atoms with van der Waals surface area (Å²) in [5, 5.41) is 7.21. The Labute approximate surface area is 107 Å². The topological polar surface area (TPSA) is 95.2 Å². The van der Waals surface area contributed by atoms with Crippen LogP contribution in [0.15, 0.2) is 26.8 Å². The number of guanidine groups is 1. The summed E-state index contributed by atoms with van der Waals surface area (Å²) in [5.74, 6) is 1.11. The molecule has 7 heteroatoms. The molecular weight excluding hydrogens is 288 g/mol. The highest BCUT2D eigenvalue weighted by molar-refractivity contribution is 9.10. The lowest BCUT2D eigenvalue weighted by Crippen LogP contribution is -2.21. The van der Waals surface area contributed by atoms with E-state index in [-0.39, 0.29) is 5.96 Å². The number of ether oxygens (including phenoxy) is 2. The molecule has 0 atom stereocenters. The van der Waals surface area contributed by atoms with Crippen LogP contribution in [0, 0.1) is 0 Å². The monoisotopic (exact) mass is 300 g/mol. The molecule has 0 aliphatic carbocycles. The smallest absolute Gasteiger partial charge is 0.211 e. The van der Waals surface area contributed by atoms with Gasteiger partial charge >= 0.3 is 0 Å². The molecule has 0 saturated heterocycles. The van der Waals surface area contributed by atoms with Gasteiger partial charge in [0, 0.05) is 0 Å². The molecule has 0 amide bonds. The first-order valence-electron chi connectivity index (χ1n) is 4.62. The zero-order valence-electron chi connectivity index (χ0n) is 9.48. The molecular formula is C10H13BrN4O2. The maximum atomic E-state index is 5.18. The van der Waals surface area contributed by atoms with Crippen molar-refractivity contribution in [2.24, 2.45) is 21.7 Å². The SMILES string of the molecule is COc1cc(/C=N\N=C(N)N)cc(Br)c1OC. The Kier molecular flexibility index (Phi) is 4.77. The minimum Gasteiger partial charge on any atom is -0.493 e. The van der Waals surface area contributed by atoms with E-state index in [2.05, 4.69) is 26.1 Å². The van der Waals surface area contributed by atoms with E-state index in [4.69, 9.17) is 20.9 Å². The van der Waals surface area contributed by atoms with Gasteiger partial charge in [-0.1, -0.05) is 0 Å². The fraction of sp³-hybridized carbons (Fsp3) is 0.200. The van der Waals surface area contributed by atoms with Gasteiger partial charge in [-0.2, -0.15) is 5.10 Å². The fourth-order valence-corrected chi connectivity index (χ4v) is 1.80. The second kappa shape index (κ2) is 6.09. The van der Waals surface area contributed by atoms with Crippen molar-refractivity contribution >= 4 is 28.1 Å². The first kappa shape index (κ1) is 13.3. The Bertz CT molecular complexity index is 456. The van der Waals surface area contributed by atoms with Crippen LogP contribution in [0.5, 0.6) is 11.5 Å². The van der Waals surface area contributed by atoms with Crippen LogP contribution in [-0.2, 0) is 0 Å². The Morgan fingerprint density at radius 2 is 2.00 bits per heavy atom. The lowest BCUT2D eigenvalue weighted by Gasteiger charge is -2.09. The molecule has 0 bridgehead atoms. The number of nitrogens with two attached hydrogens (primary N) is 2. The highest BCUT2D eigenvalue weighted by atomic mass is 79.9.